The van der Waals surface area contributed by atoms with Gasteiger partial charge in [-0.25, -0.2) is 9.78 Å². The van der Waals surface area contributed by atoms with Crippen molar-refractivity contribution in [1.29, 1.82) is 0 Å². The molecule has 9 heteroatoms. The summed E-state index contributed by atoms with van der Waals surface area (Å²) in [5, 5.41) is 7.69. The van der Waals surface area contributed by atoms with Crippen molar-refractivity contribution < 1.29 is 9.53 Å². The van der Waals surface area contributed by atoms with Gasteiger partial charge in [-0.1, -0.05) is 11.6 Å². The van der Waals surface area contributed by atoms with Crippen molar-refractivity contribution in [3.63, 3.8) is 0 Å². The van der Waals surface area contributed by atoms with Gasteiger partial charge in [-0.15, -0.1) is 11.3 Å². The number of esters is 1. The van der Waals surface area contributed by atoms with Crippen molar-refractivity contribution in [2.24, 2.45) is 0 Å². The summed E-state index contributed by atoms with van der Waals surface area (Å²) in [5.74, 6) is 0.188. The van der Waals surface area contributed by atoms with E-state index in [1.54, 1.807) is 6.20 Å². The van der Waals surface area contributed by atoms with E-state index in [0.29, 0.717) is 20.8 Å². The fourth-order valence-corrected chi connectivity index (χ4v) is 4.02. The molecule has 0 bridgehead atoms. The minimum atomic E-state index is -0.445. The molecular formula is C16H11BrClN3O2S2. The number of nitrogens with one attached hydrogen (secondary N) is 2. The lowest BCUT2D eigenvalue weighted by Crippen LogP contribution is -2.19. The number of halogens is 2. The normalized spacial score (nSPS) is 10.5. The summed E-state index contributed by atoms with van der Waals surface area (Å²) in [6, 6.07) is 9.23. The van der Waals surface area contributed by atoms with Gasteiger partial charge in [-0.2, -0.15) is 0 Å². The summed E-state index contributed by atoms with van der Waals surface area (Å²) in [5.41, 5.74) is 0.774. The fourth-order valence-electron chi connectivity index (χ4n) is 2.10. The molecule has 0 radical (unpaired) electrons. The van der Waals surface area contributed by atoms with E-state index in [9.17, 15) is 4.79 Å². The second kappa shape index (κ2) is 7.65. The third kappa shape index (κ3) is 4.09. The van der Waals surface area contributed by atoms with Crippen LogP contribution in [0.3, 0.4) is 0 Å². The third-order valence-corrected chi connectivity index (χ3v) is 5.54. The molecule has 1 aromatic carbocycles. The van der Waals surface area contributed by atoms with Gasteiger partial charge in [0.05, 0.1) is 12.1 Å². The van der Waals surface area contributed by atoms with Gasteiger partial charge in [0, 0.05) is 26.4 Å². The summed E-state index contributed by atoms with van der Waals surface area (Å²) < 4.78 is 6.50. The van der Waals surface area contributed by atoms with Gasteiger partial charge < -0.3 is 15.4 Å². The van der Waals surface area contributed by atoms with E-state index >= 15 is 0 Å². The maximum atomic E-state index is 11.7. The van der Waals surface area contributed by atoms with Gasteiger partial charge in [-0.05, 0) is 58.5 Å². The van der Waals surface area contributed by atoms with Crippen LogP contribution < -0.4 is 10.6 Å². The first-order valence-electron chi connectivity index (χ1n) is 6.98. The van der Waals surface area contributed by atoms with Gasteiger partial charge in [0.2, 0.25) is 0 Å². The van der Waals surface area contributed by atoms with Gasteiger partial charge in [0.1, 0.15) is 10.7 Å². The van der Waals surface area contributed by atoms with E-state index in [-0.39, 0.29) is 0 Å². The summed E-state index contributed by atoms with van der Waals surface area (Å²) in [4.78, 5) is 16.3. The standard InChI is InChI=1S/C16H11BrClN3O2S2/c1-23-15(22)14-13(18)10-4-3-9(6-11(10)25-14)20-16(24)21-12-5-2-8(17)7-19-12/h2-7H,1H3,(H2,19,20,21,24). The lowest BCUT2D eigenvalue weighted by Gasteiger charge is -2.10. The fraction of sp³-hybridized carbons (Fsp3) is 0.0625. The second-order valence-corrected chi connectivity index (χ2v) is 7.64. The van der Waals surface area contributed by atoms with Crippen LogP contribution in [-0.4, -0.2) is 23.2 Å². The smallest absolute Gasteiger partial charge is 0.349 e. The van der Waals surface area contributed by atoms with E-state index < -0.39 is 5.97 Å². The number of carbonyl (C=O) groups is 1. The Balaban J connectivity index is 1.78. The van der Waals surface area contributed by atoms with Gasteiger partial charge in [0.15, 0.2) is 5.11 Å². The molecule has 0 aliphatic heterocycles. The molecule has 2 N–H and O–H groups in total. The largest absolute Gasteiger partial charge is 0.465 e. The van der Waals surface area contributed by atoms with Crippen molar-refractivity contribution in [3.8, 4) is 0 Å². The Hall–Kier alpha value is -1.74. The van der Waals surface area contributed by atoms with E-state index in [1.807, 2.05) is 30.3 Å². The topological polar surface area (TPSA) is 63.2 Å². The number of thiocarbonyl (C=S) groups is 1. The number of hydrogen-bond donors (Lipinski definition) is 2. The highest BCUT2D eigenvalue weighted by molar-refractivity contribution is 9.10. The van der Waals surface area contributed by atoms with Gasteiger partial charge in [0.25, 0.3) is 0 Å². The molecule has 5 nitrogen and oxygen atoms in total. The van der Waals surface area contributed by atoms with Crippen LogP contribution in [-0.2, 0) is 4.74 Å². The number of nitrogens with zero attached hydrogens (tertiary/aromatic N) is 1. The van der Waals surface area contributed by atoms with Crippen LogP contribution in [0.4, 0.5) is 11.5 Å². The predicted molar refractivity (Wildman–Crippen MR) is 110 cm³/mol. The lowest BCUT2D eigenvalue weighted by molar-refractivity contribution is 0.0606. The maximum Gasteiger partial charge on any atom is 0.349 e. The number of anilines is 2. The van der Waals surface area contributed by atoms with Crippen molar-refractivity contribution in [2.75, 3.05) is 17.7 Å². The first kappa shape index (κ1) is 18.1. The molecular weight excluding hydrogens is 446 g/mol. The number of pyridine rings is 1. The zero-order chi connectivity index (χ0) is 18.0. The van der Waals surface area contributed by atoms with E-state index in [2.05, 4.69) is 31.5 Å². The minimum Gasteiger partial charge on any atom is -0.465 e. The van der Waals surface area contributed by atoms with Crippen molar-refractivity contribution in [2.45, 2.75) is 0 Å². The molecule has 2 aromatic heterocycles. The van der Waals surface area contributed by atoms with E-state index in [0.717, 1.165) is 20.2 Å². The Kier molecular flexibility index (Phi) is 5.53. The van der Waals surface area contributed by atoms with Crippen LogP contribution in [0, 0.1) is 0 Å². The zero-order valence-electron chi connectivity index (χ0n) is 12.8. The highest BCUT2D eigenvalue weighted by Crippen LogP contribution is 2.37. The number of carbonyl (C=O) groups excluding carboxylic acids is 1. The monoisotopic (exact) mass is 455 g/mol. The quantitative estimate of drug-likeness (QED) is 0.411. The summed E-state index contributed by atoms with van der Waals surface area (Å²) >= 11 is 16.1. The Morgan fingerprint density at radius 1 is 1.32 bits per heavy atom. The molecule has 0 atom stereocenters. The van der Waals surface area contributed by atoms with Crippen molar-refractivity contribution >= 4 is 83.8 Å². The highest BCUT2D eigenvalue weighted by Gasteiger charge is 2.17. The maximum absolute atomic E-state index is 11.7. The SMILES string of the molecule is COC(=O)c1sc2cc(NC(=S)Nc3ccc(Br)cn3)ccc2c1Cl. The van der Waals surface area contributed by atoms with Crippen molar-refractivity contribution in [3.05, 3.63) is 50.9 Å². The number of rotatable bonds is 3. The van der Waals surface area contributed by atoms with Crippen LogP contribution >= 0.6 is 51.1 Å². The Morgan fingerprint density at radius 2 is 2.12 bits per heavy atom. The Bertz CT molecular complexity index is 960. The first-order chi connectivity index (χ1) is 12.0. The number of methoxy groups -OCH3 is 1. The zero-order valence-corrected chi connectivity index (χ0v) is 16.8. The van der Waals surface area contributed by atoms with Gasteiger partial charge in [-0.3, -0.25) is 0 Å². The number of thiophene rings is 1. The number of aromatic nitrogens is 1. The molecule has 0 spiro atoms. The summed E-state index contributed by atoms with van der Waals surface area (Å²) in [6.45, 7) is 0. The summed E-state index contributed by atoms with van der Waals surface area (Å²) in [6.07, 6.45) is 1.68. The van der Waals surface area contributed by atoms with E-state index in [1.165, 1.54) is 18.4 Å². The van der Waals surface area contributed by atoms with Crippen LogP contribution in [0.15, 0.2) is 41.0 Å². The van der Waals surface area contributed by atoms with E-state index in [4.69, 9.17) is 28.6 Å². The summed E-state index contributed by atoms with van der Waals surface area (Å²) in [7, 11) is 1.33. The molecule has 0 amide bonds. The number of hydrogen-bond acceptors (Lipinski definition) is 5. The lowest BCUT2D eigenvalue weighted by atomic mass is 10.2. The molecule has 3 aromatic rings. The second-order valence-electron chi connectivity index (χ2n) is 4.89. The Labute approximate surface area is 166 Å². The number of fused-ring (bicyclic) bond motifs is 1. The molecule has 0 saturated heterocycles. The molecule has 25 heavy (non-hydrogen) atoms. The van der Waals surface area contributed by atoms with Crippen LogP contribution in [0.25, 0.3) is 10.1 Å². The van der Waals surface area contributed by atoms with Crippen LogP contribution in [0.2, 0.25) is 5.02 Å². The molecule has 0 fully saturated rings. The van der Waals surface area contributed by atoms with Crippen LogP contribution in [0.1, 0.15) is 9.67 Å². The molecule has 128 valence electrons. The molecule has 0 unspecified atom stereocenters. The van der Waals surface area contributed by atoms with Crippen LogP contribution in [0.5, 0.6) is 0 Å². The Morgan fingerprint density at radius 3 is 2.80 bits per heavy atom. The minimum absolute atomic E-state index is 0.385. The number of benzene rings is 1. The molecule has 0 saturated carbocycles. The molecule has 2 heterocycles. The highest BCUT2D eigenvalue weighted by atomic mass is 79.9. The first-order valence-corrected chi connectivity index (χ1v) is 9.37. The van der Waals surface area contributed by atoms with Gasteiger partial charge >= 0.3 is 5.97 Å². The third-order valence-electron chi connectivity index (χ3n) is 3.23. The molecule has 0 aliphatic rings. The molecule has 0 aliphatic carbocycles. The van der Waals surface area contributed by atoms with Crippen molar-refractivity contribution in [1.82, 2.24) is 4.98 Å². The predicted octanol–water partition coefficient (Wildman–Crippen LogP) is 5.31. The molecule has 3 rings (SSSR count). The number of ether oxygens (including phenoxy) is 1. The average molecular weight is 457 g/mol. The average Bonchev–Trinajstić information content (AvgIpc) is 2.92.